The van der Waals surface area contributed by atoms with Crippen LogP contribution in [0.1, 0.15) is 36.9 Å². The Kier molecular flexibility index (Phi) is 6.67. The van der Waals surface area contributed by atoms with E-state index >= 15 is 0 Å². The average Bonchev–Trinajstić information content (AvgIpc) is 2.59. The zero-order valence-corrected chi connectivity index (χ0v) is 14.5. The summed E-state index contributed by atoms with van der Waals surface area (Å²) in [5.74, 6) is 1.62. The zero-order chi connectivity index (χ0) is 17.4. The maximum absolute atomic E-state index is 12.0. The first-order valence-electron chi connectivity index (χ1n) is 8.21. The van der Waals surface area contributed by atoms with Gasteiger partial charge in [0, 0.05) is 6.42 Å². The molecule has 1 amide bonds. The molecule has 0 aliphatic rings. The molecule has 4 nitrogen and oxygen atoms in total. The number of carbonyl (C=O) groups excluding carboxylic acids is 1. The lowest BCUT2D eigenvalue weighted by Crippen LogP contribution is -2.26. The molecule has 4 heteroatoms. The minimum absolute atomic E-state index is 0.0145. The van der Waals surface area contributed by atoms with Crippen LogP contribution in [-0.4, -0.2) is 19.6 Å². The maximum Gasteiger partial charge on any atom is 0.220 e. The molecule has 0 saturated carbocycles. The maximum atomic E-state index is 12.0. The summed E-state index contributed by atoms with van der Waals surface area (Å²) in [6, 6.07) is 15.6. The molecule has 0 aliphatic carbocycles. The van der Waals surface area contributed by atoms with Crippen molar-refractivity contribution in [2.45, 2.75) is 32.7 Å². The fourth-order valence-corrected chi connectivity index (χ4v) is 2.35. The van der Waals surface area contributed by atoms with E-state index in [0.29, 0.717) is 19.4 Å². The van der Waals surface area contributed by atoms with Gasteiger partial charge < -0.3 is 14.8 Å². The summed E-state index contributed by atoms with van der Waals surface area (Å²) < 4.78 is 10.7. The second kappa shape index (κ2) is 8.96. The van der Waals surface area contributed by atoms with E-state index in [9.17, 15) is 4.79 Å². The van der Waals surface area contributed by atoms with Crippen molar-refractivity contribution >= 4 is 5.91 Å². The van der Waals surface area contributed by atoms with Crippen molar-refractivity contribution in [2.24, 2.45) is 0 Å². The molecule has 1 atom stereocenters. The van der Waals surface area contributed by atoms with Crippen LogP contribution in [0.5, 0.6) is 11.5 Å². The van der Waals surface area contributed by atoms with Crippen molar-refractivity contribution in [3.8, 4) is 11.5 Å². The van der Waals surface area contributed by atoms with Gasteiger partial charge in [-0.3, -0.25) is 4.79 Å². The Morgan fingerprint density at radius 1 is 1.04 bits per heavy atom. The third-order valence-electron chi connectivity index (χ3n) is 3.83. The minimum Gasteiger partial charge on any atom is -0.497 e. The van der Waals surface area contributed by atoms with E-state index in [0.717, 1.165) is 17.1 Å². The number of methoxy groups -OCH3 is 1. The normalized spacial score (nSPS) is 11.6. The van der Waals surface area contributed by atoms with Gasteiger partial charge in [0.05, 0.1) is 19.8 Å². The Hall–Kier alpha value is -2.49. The van der Waals surface area contributed by atoms with Gasteiger partial charge in [-0.05, 0) is 50.1 Å². The third kappa shape index (κ3) is 5.61. The van der Waals surface area contributed by atoms with Crippen molar-refractivity contribution in [3.05, 3.63) is 59.7 Å². The molecular weight excluding hydrogens is 302 g/mol. The van der Waals surface area contributed by atoms with Crippen LogP contribution in [0.25, 0.3) is 0 Å². The monoisotopic (exact) mass is 327 g/mol. The molecule has 0 spiro atoms. The van der Waals surface area contributed by atoms with Crippen LogP contribution >= 0.6 is 0 Å². The minimum atomic E-state index is 0.0145. The summed E-state index contributed by atoms with van der Waals surface area (Å²) >= 11 is 0. The predicted octanol–water partition coefficient (Wildman–Crippen LogP) is 4.04. The van der Waals surface area contributed by atoms with E-state index in [1.807, 2.05) is 43.3 Å². The lowest BCUT2D eigenvalue weighted by Gasteiger charge is -2.14. The van der Waals surface area contributed by atoms with Gasteiger partial charge >= 0.3 is 0 Å². The van der Waals surface area contributed by atoms with Gasteiger partial charge in [-0.25, -0.2) is 0 Å². The van der Waals surface area contributed by atoms with E-state index in [1.54, 1.807) is 7.11 Å². The smallest absolute Gasteiger partial charge is 0.220 e. The number of hydrogen-bond donors (Lipinski definition) is 1. The predicted molar refractivity (Wildman–Crippen MR) is 95.5 cm³/mol. The van der Waals surface area contributed by atoms with Crippen LogP contribution in [0.15, 0.2) is 48.5 Å². The Labute approximate surface area is 143 Å². The second-order valence-electron chi connectivity index (χ2n) is 5.83. The van der Waals surface area contributed by atoms with E-state index in [-0.39, 0.29) is 11.9 Å². The van der Waals surface area contributed by atoms with E-state index in [2.05, 4.69) is 24.4 Å². The van der Waals surface area contributed by atoms with E-state index in [1.165, 1.54) is 5.56 Å². The zero-order valence-electron chi connectivity index (χ0n) is 14.5. The van der Waals surface area contributed by atoms with E-state index < -0.39 is 0 Å². The lowest BCUT2D eigenvalue weighted by molar-refractivity contribution is -0.121. The molecule has 0 bridgehead atoms. The van der Waals surface area contributed by atoms with Gasteiger partial charge in [0.25, 0.3) is 0 Å². The molecule has 2 aromatic rings. The van der Waals surface area contributed by atoms with Crippen LogP contribution in [-0.2, 0) is 4.79 Å². The molecule has 1 N–H and O–H groups in total. The first kappa shape index (κ1) is 17.9. The second-order valence-corrected chi connectivity index (χ2v) is 5.83. The van der Waals surface area contributed by atoms with E-state index in [4.69, 9.17) is 9.47 Å². The lowest BCUT2D eigenvalue weighted by atomic mass is 10.1. The van der Waals surface area contributed by atoms with Crippen LogP contribution in [0.3, 0.4) is 0 Å². The van der Waals surface area contributed by atoms with Crippen LogP contribution in [0.2, 0.25) is 0 Å². The Morgan fingerprint density at radius 3 is 2.29 bits per heavy atom. The van der Waals surface area contributed by atoms with Gasteiger partial charge in [0.15, 0.2) is 0 Å². The molecule has 0 saturated heterocycles. The van der Waals surface area contributed by atoms with Gasteiger partial charge in [-0.1, -0.05) is 29.8 Å². The number of nitrogens with one attached hydrogen (secondary N) is 1. The number of ether oxygens (including phenoxy) is 2. The SMILES string of the molecule is COc1ccc(OCCCC(=O)N[C@@H](C)c2ccc(C)cc2)cc1. The van der Waals surface area contributed by atoms with Crippen molar-refractivity contribution in [1.29, 1.82) is 0 Å². The fraction of sp³-hybridized carbons (Fsp3) is 0.350. The van der Waals surface area contributed by atoms with Gasteiger partial charge in [0.1, 0.15) is 11.5 Å². The van der Waals surface area contributed by atoms with Gasteiger partial charge in [-0.15, -0.1) is 0 Å². The standard InChI is InChI=1S/C20H25NO3/c1-15-6-8-17(9-7-15)16(2)21-20(22)5-4-14-24-19-12-10-18(23-3)11-13-19/h6-13,16H,4-5,14H2,1-3H3,(H,21,22)/t16-/m0/s1. The molecule has 128 valence electrons. The highest BCUT2D eigenvalue weighted by molar-refractivity contribution is 5.76. The summed E-state index contributed by atoms with van der Waals surface area (Å²) in [5.41, 5.74) is 2.33. The largest absolute Gasteiger partial charge is 0.497 e. The molecule has 24 heavy (non-hydrogen) atoms. The summed E-state index contributed by atoms with van der Waals surface area (Å²) in [5, 5.41) is 3.02. The third-order valence-corrected chi connectivity index (χ3v) is 3.83. The Balaban J connectivity index is 1.68. The van der Waals surface area contributed by atoms with Crippen molar-refractivity contribution in [3.63, 3.8) is 0 Å². The number of aryl methyl sites for hydroxylation is 1. The van der Waals surface area contributed by atoms with Gasteiger partial charge in [0.2, 0.25) is 5.91 Å². The summed E-state index contributed by atoms with van der Waals surface area (Å²) in [4.78, 5) is 12.0. The molecule has 2 aromatic carbocycles. The molecule has 0 unspecified atom stereocenters. The number of carbonyl (C=O) groups is 1. The first-order valence-corrected chi connectivity index (χ1v) is 8.21. The number of hydrogen-bond acceptors (Lipinski definition) is 3. The summed E-state index contributed by atoms with van der Waals surface area (Å²) in [6.45, 7) is 4.56. The topological polar surface area (TPSA) is 47.6 Å². The highest BCUT2D eigenvalue weighted by Gasteiger charge is 2.09. The van der Waals surface area contributed by atoms with Crippen molar-refractivity contribution in [2.75, 3.05) is 13.7 Å². The number of benzene rings is 2. The van der Waals surface area contributed by atoms with Crippen molar-refractivity contribution < 1.29 is 14.3 Å². The molecule has 0 aliphatic heterocycles. The molecule has 0 radical (unpaired) electrons. The quantitative estimate of drug-likeness (QED) is 0.744. The average molecular weight is 327 g/mol. The number of rotatable bonds is 8. The Bertz CT molecular complexity index is 635. The van der Waals surface area contributed by atoms with Gasteiger partial charge in [-0.2, -0.15) is 0 Å². The number of amides is 1. The highest BCUT2D eigenvalue weighted by Crippen LogP contribution is 2.17. The molecular formula is C20H25NO3. The molecule has 0 heterocycles. The first-order chi connectivity index (χ1) is 11.6. The summed E-state index contributed by atoms with van der Waals surface area (Å²) in [7, 11) is 1.63. The molecule has 0 aromatic heterocycles. The molecule has 2 rings (SSSR count). The summed E-state index contributed by atoms with van der Waals surface area (Å²) in [6.07, 6.45) is 1.13. The van der Waals surface area contributed by atoms with Crippen molar-refractivity contribution in [1.82, 2.24) is 5.32 Å². The highest BCUT2D eigenvalue weighted by atomic mass is 16.5. The van der Waals surface area contributed by atoms with Crippen LogP contribution < -0.4 is 14.8 Å². The van der Waals surface area contributed by atoms with Crippen LogP contribution in [0.4, 0.5) is 0 Å². The molecule has 0 fully saturated rings. The fourth-order valence-electron chi connectivity index (χ4n) is 2.35. The van der Waals surface area contributed by atoms with Crippen LogP contribution in [0, 0.1) is 6.92 Å². The Morgan fingerprint density at radius 2 is 1.67 bits per heavy atom.